The van der Waals surface area contributed by atoms with Gasteiger partial charge in [0.15, 0.2) is 11.6 Å². The molecular formula is C21H23F3N4O4. The Morgan fingerprint density at radius 1 is 1.25 bits per heavy atom. The maximum atomic E-state index is 12.8. The normalized spacial score (nSPS) is 17.8. The molecule has 0 radical (unpaired) electrons. The number of hydrogen-bond acceptors (Lipinski definition) is 6. The zero-order chi connectivity index (χ0) is 23.7. The molecule has 3 rings (SSSR count). The predicted molar refractivity (Wildman–Crippen MR) is 109 cm³/mol. The average molecular weight is 452 g/mol. The molecule has 2 aromatic rings. The molecule has 1 aromatic heterocycles. The molecule has 0 spiro atoms. The summed E-state index contributed by atoms with van der Waals surface area (Å²) < 4.78 is 46.7. The van der Waals surface area contributed by atoms with Crippen molar-refractivity contribution < 1.29 is 32.2 Å². The Kier molecular flexibility index (Phi) is 6.20. The molecule has 0 bridgehead atoms. The Balaban J connectivity index is 1.66. The maximum absolute atomic E-state index is 12.8. The van der Waals surface area contributed by atoms with Crippen LogP contribution in [0.5, 0.6) is 11.5 Å². The van der Waals surface area contributed by atoms with E-state index in [2.05, 4.69) is 9.72 Å². The largest absolute Gasteiger partial charge is 0.573 e. The van der Waals surface area contributed by atoms with Crippen molar-refractivity contribution in [3.05, 3.63) is 47.7 Å². The number of anilines is 1. The number of nitrogen functional groups attached to an aromatic ring is 1. The number of nitrogens with zero attached hydrogens (tertiary/aromatic N) is 2. The first-order valence-electron chi connectivity index (χ1n) is 9.68. The molecule has 1 aromatic carbocycles. The lowest BCUT2D eigenvalue weighted by atomic mass is 9.90. The van der Waals surface area contributed by atoms with Crippen molar-refractivity contribution in [3.63, 3.8) is 0 Å². The van der Waals surface area contributed by atoms with Gasteiger partial charge in [0.2, 0.25) is 11.8 Å². The Morgan fingerprint density at radius 3 is 2.50 bits per heavy atom. The minimum Gasteiger partial charge on any atom is -0.484 e. The molecule has 2 heterocycles. The number of carbonyl (C=O) groups excluding carboxylic acids is 2. The zero-order valence-electron chi connectivity index (χ0n) is 17.5. The molecule has 1 atom stereocenters. The second kappa shape index (κ2) is 8.56. The summed E-state index contributed by atoms with van der Waals surface area (Å²) in [5.41, 5.74) is 11.4. The minimum absolute atomic E-state index is 0.00987. The van der Waals surface area contributed by atoms with E-state index in [-0.39, 0.29) is 41.8 Å². The number of rotatable bonds is 6. The second-order valence-corrected chi connectivity index (χ2v) is 8.21. The highest BCUT2D eigenvalue weighted by Gasteiger charge is 2.43. The van der Waals surface area contributed by atoms with Gasteiger partial charge in [-0.05, 0) is 23.8 Å². The lowest BCUT2D eigenvalue weighted by Gasteiger charge is -2.26. The quantitative estimate of drug-likeness (QED) is 0.695. The van der Waals surface area contributed by atoms with E-state index in [9.17, 15) is 22.8 Å². The molecule has 2 amide bonds. The molecule has 8 nitrogen and oxygen atoms in total. The van der Waals surface area contributed by atoms with Crippen LogP contribution in [0.3, 0.4) is 0 Å². The first kappa shape index (κ1) is 23.2. The summed E-state index contributed by atoms with van der Waals surface area (Å²) in [5.74, 6) is -0.929. The van der Waals surface area contributed by atoms with E-state index < -0.39 is 23.8 Å². The van der Waals surface area contributed by atoms with Crippen molar-refractivity contribution in [3.8, 4) is 11.5 Å². The number of benzene rings is 1. The smallest absolute Gasteiger partial charge is 0.484 e. The summed E-state index contributed by atoms with van der Waals surface area (Å²) in [5, 5.41) is 0. The first-order chi connectivity index (χ1) is 14.8. The second-order valence-electron chi connectivity index (χ2n) is 8.21. The topological polar surface area (TPSA) is 121 Å². The third kappa shape index (κ3) is 5.59. The maximum Gasteiger partial charge on any atom is 0.573 e. The van der Waals surface area contributed by atoms with Gasteiger partial charge in [-0.3, -0.25) is 9.59 Å². The average Bonchev–Trinajstić information content (AvgIpc) is 2.98. The molecule has 172 valence electrons. The zero-order valence-corrected chi connectivity index (χ0v) is 17.5. The summed E-state index contributed by atoms with van der Waals surface area (Å²) >= 11 is 0. The summed E-state index contributed by atoms with van der Waals surface area (Å²) in [4.78, 5) is 29.7. The fourth-order valence-electron chi connectivity index (χ4n) is 3.43. The number of alkyl halides is 3. The number of carbonyl (C=O) groups is 2. The molecule has 11 heteroatoms. The fraction of sp³-hybridized carbons (Fsp3) is 0.381. The van der Waals surface area contributed by atoms with Gasteiger partial charge in [0.25, 0.3) is 0 Å². The van der Waals surface area contributed by atoms with Crippen molar-refractivity contribution in [1.82, 2.24) is 9.88 Å². The van der Waals surface area contributed by atoms with Gasteiger partial charge in [0, 0.05) is 18.2 Å². The van der Waals surface area contributed by atoms with Crippen LogP contribution in [-0.4, -0.2) is 47.3 Å². The molecule has 1 saturated heterocycles. The van der Waals surface area contributed by atoms with Crippen LogP contribution in [0.15, 0.2) is 36.5 Å². The highest BCUT2D eigenvalue weighted by Crippen LogP contribution is 2.35. The van der Waals surface area contributed by atoms with Crippen molar-refractivity contribution in [2.24, 2.45) is 11.1 Å². The van der Waals surface area contributed by atoms with Crippen molar-refractivity contribution in [1.29, 1.82) is 0 Å². The molecule has 0 saturated carbocycles. The SMILES string of the molecule is CC1(C)CN(C(=O)Cc2ccc(OC(F)(F)F)cc2)C[C@@H]1Oc1cc(C(N)=O)cnc1N. The van der Waals surface area contributed by atoms with Gasteiger partial charge < -0.3 is 25.8 Å². The van der Waals surface area contributed by atoms with Crippen LogP contribution in [0.25, 0.3) is 0 Å². The van der Waals surface area contributed by atoms with Crippen LogP contribution in [-0.2, 0) is 11.2 Å². The standard InChI is InChI=1S/C21H23F3N4O4/c1-20(2)11-28(10-16(20)31-15-8-13(19(26)30)9-27-18(15)25)17(29)7-12-3-5-14(6-4-12)32-21(22,23)24/h3-6,8-9,16H,7,10-11H2,1-2H3,(H2,25,27)(H2,26,30)/t16-/m0/s1. The van der Waals surface area contributed by atoms with Crippen LogP contribution < -0.4 is 20.9 Å². The summed E-state index contributed by atoms with van der Waals surface area (Å²) in [6.07, 6.45) is -3.94. The van der Waals surface area contributed by atoms with Crippen LogP contribution in [0.2, 0.25) is 0 Å². The summed E-state index contributed by atoms with van der Waals surface area (Å²) in [6, 6.07) is 6.57. The molecule has 4 N–H and O–H groups in total. The van der Waals surface area contributed by atoms with Crippen LogP contribution in [0.1, 0.15) is 29.8 Å². The Labute approximate surface area is 182 Å². The molecule has 0 aliphatic carbocycles. The number of amides is 2. The Morgan fingerprint density at radius 2 is 1.91 bits per heavy atom. The minimum atomic E-state index is -4.77. The highest BCUT2D eigenvalue weighted by atomic mass is 19.4. The van der Waals surface area contributed by atoms with Gasteiger partial charge in [0.1, 0.15) is 11.9 Å². The monoisotopic (exact) mass is 452 g/mol. The molecule has 1 fully saturated rings. The highest BCUT2D eigenvalue weighted by molar-refractivity contribution is 5.93. The van der Waals surface area contributed by atoms with Crippen LogP contribution in [0.4, 0.5) is 19.0 Å². The Hall–Kier alpha value is -3.50. The van der Waals surface area contributed by atoms with E-state index in [0.717, 1.165) is 12.1 Å². The van der Waals surface area contributed by atoms with Gasteiger partial charge in [0.05, 0.1) is 18.5 Å². The van der Waals surface area contributed by atoms with Gasteiger partial charge >= 0.3 is 6.36 Å². The predicted octanol–water partition coefficient (Wildman–Crippen LogP) is 2.52. The van der Waals surface area contributed by atoms with Gasteiger partial charge in [-0.25, -0.2) is 4.98 Å². The molecular weight excluding hydrogens is 429 g/mol. The van der Waals surface area contributed by atoms with E-state index in [4.69, 9.17) is 16.2 Å². The van der Waals surface area contributed by atoms with Gasteiger partial charge in [-0.15, -0.1) is 13.2 Å². The summed E-state index contributed by atoms with van der Waals surface area (Å²) in [6.45, 7) is 4.52. The van der Waals surface area contributed by atoms with Crippen molar-refractivity contribution in [2.75, 3.05) is 18.8 Å². The lowest BCUT2D eigenvalue weighted by molar-refractivity contribution is -0.274. The number of nitrogens with two attached hydrogens (primary N) is 2. The lowest BCUT2D eigenvalue weighted by Crippen LogP contribution is -2.33. The van der Waals surface area contributed by atoms with E-state index >= 15 is 0 Å². The number of ether oxygens (including phenoxy) is 2. The molecule has 1 aliphatic rings. The third-order valence-corrected chi connectivity index (χ3v) is 5.16. The van der Waals surface area contributed by atoms with E-state index in [1.54, 1.807) is 4.90 Å². The fourth-order valence-corrected chi connectivity index (χ4v) is 3.43. The number of likely N-dealkylation sites (tertiary alicyclic amines) is 1. The van der Waals surface area contributed by atoms with Crippen molar-refractivity contribution in [2.45, 2.75) is 32.7 Å². The van der Waals surface area contributed by atoms with E-state index in [1.807, 2.05) is 13.8 Å². The number of primary amides is 1. The number of pyridine rings is 1. The van der Waals surface area contributed by atoms with Crippen molar-refractivity contribution >= 4 is 17.6 Å². The molecule has 0 unspecified atom stereocenters. The van der Waals surface area contributed by atoms with E-state index in [1.165, 1.54) is 24.4 Å². The number of halogens is 3. The van der Waals surface area contributed by atoms with Gasteiger partial charge in [-0.1, -0.05) is 26.0 Å². The summed E-state index contributed by atoms with van der Waals surface area (Å²) in [7, 11) is 0. The number of hydrogen-bond donors (Lipinski definition) is 2. The third-order valence-electron chi connectivity index (χ3n) is 5.16. The van der Waals surface area contributed by atoms with Crippen LogP contribution in [0, 0.1) is 5.41 Å². The first-order valence-corrected chi connectivity index (χ1v) is 9.68. The van der Waals surface area contributed by atoms with Gasteiger partial charge in [-0.2, -0.15) is 0 Å². The van der Waals surface area contributed by atoms with E-state index in [0.29, 0.717) is 12.1 Å². The molecule has 1 aliphatic heterocycles. The number of aromatic nitrogens is 1. The Bertz CT molecular complexity index is 1010. The van der Waals surface area contributed by atoms with Crippen LogP contribution >= 0.6 is 0 Å². The molecule has 32 heavy (non-hydrogen) atoms.